The number of anilines is 1. The summed E-state index contributed by atoms with van der Waals surface area (Å²) in [6.45, 7) is 2.13. The summed E-state index contributed by atoms with van der Waals surface area (Å²) in [5, 5.41) is 16.3. The van der Waals surface area contributed by atoms with Crippen LogP contribution in [-0.4, -0.2) is 22.5 Å². The Hall–Kier alpha value is -1.94. The molecule has 0 aliphatic rings. The van der Waals surface area contributed by atoms with Crippen molar-refractivity contribution in [3.63, 3.8) is 0 Å². The summed E-state index contributed by atoms with van der Waals surface area (Å²) >= 11 is 18.1. The fourth-order valence-electron chi connectivity index (χ4n) is 1.74. The SMILES string of the molecule is CCCOC(=O)Nc1c(C#N)cnn1-c1ccc(Cl)c(Cl)c1Cl. The number of ether oxygens (including phenoxy) is 1. The van der Waals surface area contributed by atoms with Gasteiger partial charge in [0.2, 0.25) is 0 Å². The molecule has 0 radical (unpaired) electrons. The summed E-state index contributed by atoms with van der Waals surface area (Å²) in [6, 6.07) is 5.05. The van der Waals surface area contributed by atoms with Crippen LogP contribution in [0, 0.1) is 11.3 Å². The van der Waals surface area contributed by atoms with E-state index in [0.717, 1.165) is 0 Å². The molecular weight excluding hydrogens is 363 g/mol. The van der Waals surface area contributed by atoms with E-state index in [1.165, 1.54) is 16.9 Å². The lowest BCUT2D eigenvalue weighted by atomic mass is 10.3. The molecule has 1 heterocycles. The van der Waals surface area contributed by atoms with E-state index in [2.05, 4.69) is 10.4 Å². The van der Waals surface area contributed by atoms with Crippen molar-refractivity contribution >= 4 is 46.7 Å². The Morgan fingerprint density at radius 1 is 1.39 bits per heavy atom. The molecule has 0 unspecified atom stereocenters. The summed E-state index contributed by atoms with van der Waals surface area (Å²) < 4.78 is 6.24. The molecule has 9 heteroatoms. The number of nitrogens with one attached hydrogen (secondary N) is 1. The number of rotatable bonds is 4. The van der Waals surface area contributed by atoms with Crippen molar-refractivity contribution in [2.45, 2.75) is 13.3 Å². The fourth-order valence-corrected chi connectivity index (χ4v) is 2.35. The molecule has 0 aliphatic carbocycles. The van der Waals surface area contributed by atoms with Crippen molar-refractivity contribution in [1.29, 1.82) is 5.26 Å². The van der Waals surface area contributed by atoms with Gasteiger partial charge in [0.15, 0.2) is 5.82 Å². The first-order valence-electron chi connectivity index (χ1n) is 6.55. The van der Waals surface area contributed by atoms with Crippen LogP contribution in [0.15, 0.2) is 18.3 Å². The average Bonchev–Trinajstić information content (AvgIpc) is 2.93. The minimum Gasteiger partial charge on any atom is -0.449 e. The maximum Gasteiger partial charge on any atom is 0.412 e. The summed E-state index contributed by atoms with van der Waals surface area (Å²) in [6.07, 6.45) is 1.28. The van der Waals surface area contributed by atoms with Gasteiger partial charge < -0.3 is 4.74 Å². The van der Waals surface area contributed by atoms with E-state index >= 15 is 0 Å². The van der Waals surface area contributed by atoms with Gasteiger partial charge in [-0.1, -0.05) is 41.7 Å². The molecular formula is C14H11Cl3N4O2. The van der Waals surface area contributed by atoms with Gasteiger partial charge in [-0.15, -0.1) is 0 Å². The zero-order valence-electron chi connectivity index (χ0n) is 11.9. The Bertz CT molecular complexity index is 783. The third kappa shape index (κ3) is 3.70. The number of carbonyl (C=O) groups excluding carboxylic acids is 1. The van der Waals surface area contributed by atoms with Crippen molar-refractivity contribution in [2.75, 3.05) is 11.9 Å². The Morgan fingerprint density at radius 3 is 2.78 bits per heavy atom. The summed E-state index contributed by atoms with van der Waals surface area (Å²) in [4.78, 5) is 11.8. The molecule has 0 saturated heterocycles. The van der Waals surface area contributed by atoms with Gasteiger partial charge in [0.25, 0.3) is 0 Å². The second-order valence-electron chi connectivity index (χ2n) is 4.39. The molecule has 6 nitrogen and oxygen atoms in total. The van der Waals surface area contributed by atoms with Crippen molar-refractivity contribution < 1.29 is 9.53 Å². The molecule has 0 atom stereocenters. The van der Waals surface area contributed by atoms with E-state index in [0.29, 0.717) is 12.1 Å². The number of benzene rings is 1. The Kier molecular flexibility index (Phi) is 5.72. The normalized spacial score (nSPS) is 10.2. The van der Waals surface area contributed by atoms with Gasteiger partial charge >= 0.3 is 6.09 Å². The van der Waals surface area contributed by atoms with Crippen LogP contribution >= 0.6 is 34.8 Å². The quantitative estimate of drug-likeness (QED) is 0.790. The monoisotopic (exact) mass is 372 g/mol. The lowest BCUT2D eigenvalue weighted by Gasteiger charge is -2.12. The minimum atomic E-state index is -0.693. The topological polar surface area (TPSA) is 79.9 Å². The highest BCUT2D eigenvalue weighted by atomic mass is 35.5. The predicted octanol–water partition coefficient (Wildman–Crippen LogP) is 4.66. The highest BCUT2D eigenvalue weighted by Gasteiger charge is 2.19. The van der Waals surface area contributed by atoms with E-state index in [4.69, 9.17) is 44.8 Å². The maximum absolute atomic E-state index is 11.8. The van der Waals surface area contributed by atoms with Crippen molar-refractivity contribution in [3.8, 4) is 11.8 Å². The number of nitrogens with zero attached hydrogens (tertiary/aromatic N) is 3. The van der Waals surface area contributed by atoms with Crippen molar-refractivity contribution in [2.24, 2.45) is 0 Å². The van der Waals surface area contributed by atoms with Crippen LogP contribution in [0.5, 0.6) is 0 Å². The van der Waals surface area contributed by atoms with Crippen LogP contribution in [0.25, 0.3) is 5.69 Å². The third-order valence-electron chi connectivity index (χ3n) is 2.79. The Labute approximate surface area is 147 Å². The summed E-state index contributed by atoms with van der Waals surface area (Å²) in [5.41, 5.74) is 0.522. The zero-order valence-corrected chi connectivity index (χ0v) is 14.2. The van der Waals surface area contributed by atoms with Gasteiger partial charge in [-0.3, -0.25) is 5.32 Å². The van der Waals surface area contributed by atoms with E-state index in [9.17, 15) is 4.79 Å². The van der Waals surface area contributed by atoms with E-state index in [-0.39, 0.29) is 33.1 Å². The predicted molar refractivity (Wildman–Crippen MR) is 88.6 cm³/mol. The van der Waals surface area contributed by atoms with Crippen LogP contribution in [0.3, 0.4) is 0 Å². The number of hydrogen-bond donors (Lipinski definition) is 1. The summed E-state index contributed by atoms with van der Waals surface area (Å²) in [5.74, 6) is 0.133. The van der Waals surface area contributed by atoms with Gasteiger partial charge in [-0.05, 0) is 18.6 Å². The maximum atomic E-state index is 11.8. The zero-order chi connectivity index (χ0) is 17.0. The number of carbonyl (C=O) groups is 1. The second-order valence-corrected chi connectivity index (χ2v) is 5.55. The molecule has 0 bridgehead atoms. The average molecular weight is 374 g/mol. The number of halogens is 3. The molecule has 1 aromatic heterocycles. The lowest BCUT2D eigenvalue weighted by Crippen LogP contribution is -2.17. The number of aromatic nitrogens is 2. The molecule has 0 aliphatic heterocycles. The molecule has 2 aromatic rings. The number of nitriles is 1. The largest absolute Gasteiger partial charge is 0.449 e. The standard InChI is InChI=1S/C14H11Cl3N4O2/c1-2-5-23-14(22)20-13-8(6-18)7-19-21(13)10-4-3-9(15)11(16)12(10)17/h3-4,7H,2,5H2,1H3,(H,20,22). The fraction of sp³-hybridized carbons (Fsp3) is 0.214. The highest BCUT2D eigenvalue weighted by Crippen LogP contribution is 2.35. The first kappa shape index (κ1) is 17.4. The van der Waals surface area contributed by atoms with Gasteiger partial charge in [0.1, 0.15) is 11.6 Å². The van der Waals surface area contributed by atoms with E-state index in [1.54, 1.807) is 6.07 Å². The number of amides is 1. The molecule has 2 rings (SSSR count). The minimum absolute atomic E-state index is 0.133. The van der Waals surface area contributed by atoms with E-state index in [1.807, 2.05) is 13.0 Å². The van der Waals surface area contributed by atoms with Gasteiger partial charge in [-0.2, -0.15) is 10.4 Å². The van der Waals surface area contributed by atoms with Gasteiger partial charge in [-0.25, -0.2) is 9.48 Å². The molecule has 1 aromatic carbocycles. The van der Waals surface area contributed by atoms with Crippen LogP contribution in [0.4, 0.5) is 10.6 Å². The summed E-state index contributed by atoms with van der Waals surface area (Å²) in [7, 11) is 0. The molecule has 0 fully saturated rings. The first-order valence-corrected chi connectivity index (χ1v) is 7.68. The van der Waals surface area contributed by atoms with Crippen LogP contribution in [0.1, 0.15) is 18.9 Å². The molecule has 120 valence electrons. The third-order valence-corrected chi connectivity index (χ3v) is 4.07. The molecule has 1 N–H and O–H groups in total. The molecule has 0 spiro atoms. The smallest absolute Gasteiger partial charge is 0.412 e. The molecule has 1 amide bonds. The van der Waals surface area contributed by atoms with Crippen LogP contribution < -0.4 is 5.32 Å². The van der Waals surface area contributed by atoms with Crippen molar-refractivity contribution in [3.05, 3.63) is 39.0 Å². The van der Waals surface area contributed by atoms with Gasteiger partial charge in [0, 0.05) is 0 Å². The van der Waals surface area contributed by atoms with Gasteiger partial charge in [0.05, 0.1) is 33.6 Å². The first-order chi connectivity index (χ1) is 11.0. The Morgan fingerprint density at radius 2 is 2.13 bits per heavy atom. The number of hydrogen-bond acceptors (Lipinski definition) is 4. The molecule has 23 heavy (non-hydrogen) atoms. The lowest BCUT2D eigenvalue weighted by molar-refractivity contribution is 0.161. The van der Waals surface area contributed by atoms with E-state index < -0.39 is 6.09 Å². The molecule has 0 saturated carbocycles. The highest BCUT2D eigenvalue weighted by molar-refractivity contribution is 6.48. The van der Waals surface area contributed by atoms with Crippen LogP contribution in [-0.2, 0) is 4.74 Å². The van der Waals surface area contributed by atoms with Crippen LogP contribution in [0.2, 0.25) is 15.1 Å². The Balaban J connectivity index is 2.45. The second kappa shape index (κ2) is 7.55. The van der Waals surface area contributed by atoms with Crippen molar-refractivity contribution in [1.82, 2.24) is 9.78 Å².